The zero-order valence-electron chi connectivity index (χ0n) is 11.6. The predicted molar refractivity (Wildman–Crippen MR) is 80.8 cm³/mol. The van der Waals surface area contributed by atoms with Gasteiger partial charge in [0.1, 0.15) is 0 Å². The first-order valence-electron chi connectivity index (χ1n) is 6.48. The van der Waals surface area contributed by atoms with Crippen LogP contribution in [0.15, 0.2) is 5.38 Å². The van der Waals surface area contributed by atoms with Crippen LogP contribution in [0.2, 0.25) is 0 Å². The molecule has 0 aromatic carbocycles. The van der Waals surface area contributed by atoms with Gasteiger partial charge in [0.15, 0.2) is 0 Å². The summed E-state index contributed by atoms with van der Waals surface area (Å²) in [6.45, 7) is 12.2. The molecule has 5 heteroatoms. The topological polar surface area (TPSA) is 28.2 Å². The number of nitrogens with one attached hydrogen (secondary N) is 1. The Bertz CT molecular complexity index is 367. The second-order valence-corrected chi connectivity index (χ2v) is 6.31. The SMILES string of the molecule is CC1CN(Cc2csc(C(C)C)n2)C(C)CN1.Cl. The Hall–Kier alpha value is -0.160. The summed E-state index contributed by atoms with van der Waals surface area (Å²) in [6.07, 6.45) is 0. The smallest absolute Gasteiger partial charge is 0.0954 e. The van der Waals surface area contributed by atoms with Gasteiger partial charge in [-0.3, -0.25) is 4.90 Å². The van der Waals surface area contributed by atoms with Crippen molar-refractivity contribution in [3.05, 3.63) is 16.1 Å². The van der Waals surface area contributed by atoms with Gasteiger partial charge in [-0.25, -0.2) is 4.98 Å². The van der Waals surface area contributed by atoms with Crippen LogP contribution >= 0.6 is 23.7 Å². The molecule has 0 spiro atoms. The number of nitrogens with zero attached hydrogens (tertiary/aromatic N) is 2. The summed E-state index contributed by atoms with van der Waals surface area (Å²) >= 11 is 1.79. The molecule has 1 fully saturated rings. The van der Waals surface area contributed by atoms with E-state index < -0.39 is 0 Å². The lowest BCUT2D eigenvalue weighted by molar-refractivity contribution is 0.137. The average Bonchev–Trinajstić information content (AvgIpc) is 2.72. The van der Waals surface area contributed by atoms with E-state index in [4.69, 9.17) is 4.98 Å². The summed E-state index contributed by atoms with van der Waals surface area (Å²) in [5.41, 5.74) is 1.24. The van der Waals surface area contributed by atoms with Crippen LogP contribution in [-0.2, 0) is 6.54 Å². The van der Waals surface area contributed by atoms with E-state index in [1.54, 1.807) is 11.3 Å². The van der Waals surface area contributed by atoms with Gasteiger partial charge in [0.25, 0.3) is 0 Å². The zero-order valence-corrected chi connectivity index (χ0v) is 13.3. The number of aromatic nitrogens is 1. The van der Waals surface area contributed by atoms with Crippen LogP contribution in [0.5, 0.6) is 0 Å². The quantitative estimate of drug-likeness (QED) is 0.927. The Morgan fingerprint density at radius 2 is 2.22 bits per heavy atom. The van der Waals surface area contributed by atoms with Gasteiger partial charge < -0.3 is 5.32 Å². The first-order valence-corrected chi connectivity index (χ1v) is 7.36. The van der Waals surface area contributed by atoms with Gasteiger partial charge in [-0.2, -0.15) is 0 Å². The van der Waals surface area contributed by atoms with E-state index in [1.165, 1.54) is 10.7 Å². The lowest BCUT2D eigenvalue weighted by Crippen LogP contribution is -2.53. The molecule has 18 heavy (non-hydrogen) atoms. The fourth-order valence-corrected chi connectivity index (χ4v) is 3.01. The molecule has 1 saturated heterocycles. The van der Waals surface area contributed by atoms with Gasteiger partial charge in [-0.05, 0) is 13.8 Å². The summed E-state index contributed by atoms with van der Waals surface area (Å²) in [6, 6.07) is 1.20. The normalized spacial score (nSPS) is 25.2. The maximum atomic E-state index is 4.72. The number of thiazole rings is 1. The second-order valence-electron chi connectivity index (χ2n) is 5.42. The van der Waals surface area contributed by atoms with E-state index in [2.05, 4.69) is 43.3 Å². The van der Waals surface area contributed by atoms with Crippen molar-refractivity contribution < 1.29 is 0 Å². The highest BCUT2D eigenvalue weighted by Crippen LogP contribution is 2.21. The Morgan fingerprint density at radius 1 is 1.50 bits per heavy atom. The van der Waals surface area contributed by atoms with Gasteiger partial charge in [0.05, 0.1) is 10.7 Å². The summed E-state index contributed by atoms with van der Waals surface area (Å²) < 4.78 is 0. The van der Waals surface area contributed by atoms with Crippen molar-refractivity contribution in [1.29, 1.82) is 0 Å². The highest BCUT2D eigenvalue weighted by molar-refractivity contribution is 7.09. The molecular weight excluding hydrogens is 266 g/mol. The van der Waals surface area contributed by atoms with E-state index in [1.807, 2.05) is 0 Å². The maximum Gasteiger partial charge on any atom is 0.0954 e. The number of halogens is 1. The molecule has 2 heterocycles. The minimum absolute atomic E-state index is 0. The lowest BCUT2D eigenvalue weighted by Gasteiger charge is -2.37. The summed E-state index contributed by atoms with van der Waals surface area (Å²) in [5, 5.41) is 6.99. The third-order valence-corrected chi connectivity index (χ3v) is 4.52. The van der Waals surface area contributed by atoms with Crippen LogP contribution in [0.25, 0.3) is 0 Å². The number of hydrogen-bond acceptors (Lipinski definition) is 4. The van der Waals surface area contributed by atoms with Crippen molar-refractivity contribution in [3.8, 4) is 0 Å². The molecule has 2 atom stereocenters. The van der Waals surface area contributed by atoms with Crippen molar-refractivity contribution in [2.45, 2.75) is 52.2 Å². The van der Waals surface area contributed by atoms with E-state index in [0.29, 0.717) is 18.0 Å². The molecular formula is C13H24ClN3S. The van der Waals surface area contributed by atoms with Crippen LogP contribution in [0.1, 0.15) is 44.3 Å². The molecule has 2 unspecified atom stereocenters. The minimum Gasteiger partial charge on any atom is -0.311 e. The molecule has 1 aliphatic rings. The number of hydrogen-bond donors (Lipinski definition) is 1. The molecule has 1 aromatic heterocycles. The Balaban J connectivity index is 0.00000162. The zero-order chi connectivity index (χ0) is 12.4. The standard InChI is InChI=1S/C13H23N3S.ClH/c1-9(2)13-15-12(8-17-13)7-16-6-10(3)14-5-11(16)4;/h8-11,14H,5-7H2,1-4H3;1H. The molecule has 0 bridgehead atoms. The molecule has 0 saturated carbocycles. The van der Waals surface area contributed by atoms with Gasteiger partial charge in [0, 0.05) is 43.0 Å². The van der Waals surface area contributed by atoms with Crippen molar-refractivity contribution in [2.24, 2.45) is 0 Å². The van der Waals surface area contributed by atoms with Crippen LogP contribution in [0.4, 0.5) is 0 Å². The molecule has 3 nitrogen and oxygen atoms in total. The van der Waals surface area contributed by atoms with E-state index in [0.717, 1.165) is 19.6 Å². The lowest BCUT2D eigenvalue weighted by atomic mass is 10.1. The Labute approximate surface area is 120 Å². The predicted octanol–water partition coefficient (Wildman–Crippen LogP) is 2.87. The van der Waals surface area contributed by atoms with Crippen LogP contribution in [0.3, 0.4) is 0 Å². The van der Waals surface area contributed by atoms with E-state index in [9.17, 15) is 0 Å². The van der Waals surface area contributed by atoms with Crippen LogP contribution in [0, 0.1) is 0 Å². The molecule has 104 valence electrons. The fraction of sp³-hybridized carbons (Fsp3) is 0.769. The van der Waals surface area contributed by atoms with Crippen molar-refractivity contribution in [3.63, 3.8) is 0 Å². The number of rotatable bonds is 3. The number of piperazine rings is 1. The van der Waals surface area contributed by atoms with Gasteiger partial charge >= 0.3 is 0 Å². The van der Waals surface area contributed by atoms with Crippen molar-refractivity contribution in [1.82, 2.24) is 15.2 Å². The third-order valence-electron chi connectivity index (χ3n) is 3.32. The molecule has 0 aliphatic carbocycles. The highest BCUT2D eigenvalue weighted by atomic mass is 35.5. The minimum atomic E-state index is 0. The highest BCUT2D eigenvalue weighted by Gasteiger charge is 2.22. The third kappa shape index (κ3) is 3.92. The first-order chi connectivity index (χ1) is 8.06. The maximum absolute atomic E-state index is 4.72. The monoisotopic (exact) mass is 289 g/mol. The van der Waals surface area contributed by atoms with Crippen LogP contribution in [-0.4, -0.2) is 35.1 Å². The second kappa shape index (κ2) is 6.85. The molecule has 1 aliphatic heterocycles. The molecule has 0 amide bonds. The van der Waals surface area contributed by atoms with Gasteiger partial charge in [0.2, 0.25) is 0 Å². The van der Waals surface area contributed by atoms with E-state index >= 15 is 0 Å². The molecule has 1 N–H and O–H groups in total. The van der Waals surface area contributed by atoms with Crippen LogP contribution < -0.4 is 5.32 Å². The summed E-state index contributed by atoms with van der Waals surface area (Å²) in [5.74, 6) is 0.549. The Kier molecular flexibility index (Phi) is 6.05. The first kappa shape index (κ1) is 15.9. The fourth-order valence-electron chi connectivity index (χ4n) is 2.19. The van der Waals surface area contributed by atoms with Crippen molar-refractivity contribution >= 4 is 23.7 Å². The molecule has 2 rings (SSSR count). The van der Waals surface area contributed by atoms with Gasteiger partial charge in [-0.1, -0.05) is 13.8 Å². The molecule has 1 aromatic rings. The largest absolute Gasteiger partial charge is 0.311 e. The van der Waals surface area contributed by atoms with Gasteiger partial charge in [-0.15, -0.1) is 23.7 Å². The summed E-state index contributed by atoms with van der Waals surface area (Å²) in [7, 11) is 0. The summed E-state index contributed by atoms with van der Waals surface area (Å²) in [4.78, 5) is 7.25. The van der Waals surface area contributed by atoms with Crippen molar-refractivity contribution in [2.75, 3.05) is 13.1 Å². The Morgan fingerprint density at radius 3 is 2.83 bits per heavy atom. The van der Waals surface area contributed by atoms with E-state index in [-0.39, 0.29) is 12.4 Å². The molecule has 0 radical (unpaired) electrons. The average molecular weight is 290 g/mol.